The summed E-state index contributed by atoms with van der Waals surface area (Å²) in [6.45, 7) is 4.74. The Morgan fingerprint density at radius 1 is 1.35 bits per heavy atom. The van der Waals surface area contributed by atoms with Crippen molar-refractivity contribution < 1.29 is 0 Å². The molecule has 134 valence electrons. The molecule has 0 amide bonds. The Hall–Kier alpha value is -2.86. The van der Waals surface area contributed by atoms with Gasteiger partial charge in [-0.3, -0.25) is 5.41 Å². The van der Waals surface area contributed by atoms with Crippen molar-refractivity contribution in [2.45, 2.75) is 26.3 Å². The van der Waals surface area contributed by atoms with Crippen molar-refractivity contribution in [3.8, 4) is 5.69 Å². The molecule has 1 aromatic carbocycles. The number of imidazole rings is 1. The Labute approximate surface area is 157 Å². The SMILES string of the molecule is CC(C)c1cnc(/C(=C\C(=N)Cl)NCc2ccccc2-n2cccn2)[nH]1. The normalized spacial score (nSPS) is 11.8. The Morgan fingerprint density at radius 3 is 2.81 bits per heavy atom. The van der Waals surface area contributed by atoms with Gasteiger partial charge in [0.1, 0.15) is 5.17 Å². The van der Waals surface area contributed by atoms with Crippen molar-refractivity contribution in [3.05, 3.63) is 72.1 Å². The molecular weight excluding hydrogens is 348 g/mol. The third kappa shape index (κ3) is 4.21. The highest BCUT2D eigenvalue weighted by Gasteiger charge is 2.11. The van der Waals surface area contributed by atoms with Gasteiger partial charge in [-0.1, -0.05) is 43.6 Å². The van der Waals surface area contributed by atoms with Crippen LogP contribution in [0.1, 0.15) is 36.8 Å². The average Bonchev–Trinajstić information content (AvgIpc) is 3.30. The first-order valence-corrected chi connectivity index (χ1v) is 8.75. The summed E-state index contributed by atoms with van der Waals surface area (Å²) >= 11 is 5.80. The number of allylic oxidation sites excluding steroid dienone is 1. The fourth-order valence-corrected chi connectivity index (χ4v) is 2.69. The monoisotopic (exact) mass is 368 g/mol. The number of halogens is 1. The highest BCUT2D eigenvalue weighted by Crippen LogP contribution is 2.18. The second kappa shape index (κ2) is 8.01. The standard InChI is InChI=1S/C19H21ClN6/c1-13(2)16-12-23-19(25-16)15(10-18(20)21)22-11-14-6-3-4-7-17(14)26-9-5-8-24-26/h3-10,12-13,21-22H,11H2,1-2H3,(H,23,25)/b15-10+,21-18?. The van der Waals surface area contributed by atoms with Crippen LogP contribution in [0.5, 0.6) is 0 Å². The molecule has 3 N–H and O–H groups in total. The maximum atomic E-state index is 7.60. The van der Waals surface area contributed by atoms with Gasteiger partial charge in [0.15, 0.2) is 5.82 Å². The summed E-state index contributed by atoms with van der Waals surface area (Å²) in [5.41, 5.74) is 3.77. The number of hydrogen-bond donors (Lipinski definition) is 3. The molecule has 0 radical (unpaired) electrons. The third-order valence-corrected chi connectivity index (χ3v) is 4.06. The number of H-pyrrole nitrogens is 1. The lowest BCUT2D eigenvalue weighted by Crippen LogP contribution is -2.15. The van der Waals surface area contributed by atoms with Crippen LogP contribution in [0.2, 0.25) is 0 Å². The van der Waals surface area contributed by atoms with Gasteiger partial charge in [-0.15, -0.1) is 0 Å². The van der Waals surface area contributed by atoms with Gasteiger partial charge in [0, 0.05) is 36.9 Å². The minimum Gasteiger partial charge on any atom is -0.378 e. The van der Waals surface area contributed by atoms with Crippen molar-refractivity contribution >= 4 is 22.5 Å². The first-order valence-electron chi connectivity index (χ1n) is 8.37. The maximum Gasteiger partial charge on any atom is 0.153 e. The predicted octanol–water partition coefficient (Wildman–Crippen LogP) is 4.07. The first kappa shape index (κ1) is 17.9. The summed E-state index contributed by atoms with van der Waals surface area (Å²) in [5.74, 6) is 1.00. The zero-order chi connectivity index (χ0) is 18.5. The van der Waals surface area contributed by atoms with E-state index in [9.17, 15) is 0 Å². The summed E-state index contributed by atoms with van der Waals surface area (Å²) in [4.78, 5) is 7.70. The molecule has 0 aliphatic rings. The van der Waals surface area contributed by atoms with E-state index in [0.29, 0.717) is 24.0 Å². The Kier molecular flexibility index (Phi) is 5.53. The van der Waals surface area contributed by atoms with Gasteiger partial charge in [-0.2, -0.15) is 5.10 Å². The molecule has 0 fully saturated rings. The molecule has 0 aliphatic heterocycles. The van der Waals surface area contributed by atoms with E-state index in [1.165, 1.54) is 0 Å². The molecule has 3 rings (SSSR count). The molecule has 2 aromatic heterocycles. The molecule has 0 unspecified atom stereocenters. The Bertz CT molecular complexity index is 908. The lowest BCUT2D eigenvalue weighted by Gasteiger charge is -2.13. The Balaban J connectivity index is 1.84. The number of aromatic nitrogens is 4. The summed E-state index contributed by atoms with van der Waals surface area (Å²) in [7, 11) is 0. The van der Waals surface area contributed by atoms with Gasteiger partial charge in [-0.25, -0.2) is 9.67 Å². The molecule has 3 aromatic rings. The van der Waals surface area contributed by atoms with E-state index < -0.39 is 0 Å². The molecule has 0 aliphatic carbocycles. The zero-order valence-corrected chi connectivity index (χ0v) is 15.5. The third-order valence-electron chi connectivity index (χ3n) is 3.96. The van der Waals surface area contributed by atoms with Gasteiger partial charge in [-0.05, 0) is 23.6 Å². The van der Waals surface area contributed by atoms with E-state index in [1.807, 2.05) is 47.4 Å². The summed E-state index contributed by atoms with van der Waals surface area (Å²) in [6, 6.07) is 9.91. The van der Waals surface area contributed by atoms with Crippen molar-refractivity contribution in [2.75, 3.05) is 0 Å². The van der Waals surface area contributed by atoms with Gasteiger partial charge in [0.05, 0.1) is 11.4 Å². The van der Waals surface area contributed by atoms with Gasteiger partial charge >= 0.3 is 0 Å². The van der Waals surface area contributed by atoms with Crippen LogP contribution in [-0.2, 0) is 6.54 Å². The number of aromatic amines is 1. The number of nitrogens with one attached hydrogen (secondary N) is 3. The van der Waals surface area contributed by atoms with Crippen molar-refractivity contribution in [3.63, 3.8) is 0 Å². The zero-order valence-electron chi connectivity index (χ0n) is 14.7. The number of nitrogens with zero attached hydrogens (tertiary/aromatic N) is 3. The number of rotatable bonds is 7. The fraction of sp³-hybridized carbons (Fsp3) is 0.211. The van der Waals surface area contributed by atoms with Crippen molar-refractivity contribution in [2.24, 2.45) is 0 Å². The Morgan fingerprint density at radius 2 is 2.15 bits per heavy atom. The highest BCUT2D eigenvalue weighted by atomic mass is 35.5. The molecule has 2 heterocycles. The molecule has 26 heavy (non-hydrogen) atoms. The van der Waals surface area contributed by atoms with E-state index in [0.717, 1.165) is 16.9 Å². The van der Waals surface area contributed by atoms with Crippen LogP contribution >= 0.6 is 11.6 Å². The van der Waals surface area contributed by atoms with Gasteiger partial charge in [0.2, 0.25) is 0 Å². The van der Waals surface area contributed by atoms with Crippen molar-refractivity contribution in [1.82, 2.24) is 25.1 Å². The van der Waals surface area contributed by atoms with Crippen LogP contribution in [0.15, 0.2) is 55.0 Å². The number of para-hydroxylation sites is 1. The van der Waals surface area contributed by atoms with E-state index in [-0.39, 0.29) is 5.17 Å². The van der Waals surface area contributed by atoms with E-state index in [1.54, 1.807) is 12.3 Å². The van der Waals surface area contributed by atoms with Crippen LogP contribution in [-0.4, -0.2) is 24.9 Å². The van der Waals surface area contributed by atoms with Crippen LogP contribution < -0.4 is 5.32 Å². The highest BCUT2D eigenvalue weighted by molar-refractivity contribution is 6.68. The summed E-state index contributed by atoms with van der Waals surface area (Å²) in [5, 5.41) is 15.2. The minimum atomic E-state index is -0.0599. The largest absolute Gasteiger partial charge is 0.378 e. The molecule has 0 saturated heterocycles. The molecular formula is C19H21ClN6. The fourth-order valence-electron chi connectivity index (χ4n) is 2.58. The molecule has 0 bridgehead atoms. The molecule has 0 saturated carbocycles. The smallest absolute Gasteiger partial charge is 0.153 e. The van der Waals surface area contributed by atoms with Crippen molar-refractivity contribution in [1.29, 1.82) is 5.41 Å². The summed E-state index contributed by atoms with van der Waals surface area (Å²) < 4.78 is 1.83. The molecule has 0 spiro atoms. The van der Waals surface area contributed by atoms with Gasteiger partial charge in [0.25, 0.3) is 0 Å². The van der Waals surface area contributed by atoms with Crippen LogP contribution in [0.25, 0.3) is 11.4 Å². The number of hydrogen-bond acceptors (Lipinski definition) is 4. The lowest BCUT2D eigenvalue weighted by atomic mass is 10.1. The predicted molar refractivity (Wildman–Crippen MR) is 105 cm³/mol. The minimum absolute atomic E-state index is 0.0599. The topological polar surface area (TPSA) is 82.4 Å². The molecule has 6 nitrogen and oxygen atoms in total. The summed E-state index contributed by atoms with van der Waals surface area (Å²) in [6.07, 6.45) is 7.03. The quantitative estimate of drug-likeness (QED) is 0.550. The van der Waals surface area contributed by atoms with Crippen LogP contribution in [0.3, 0.4) is 0 Å². The van der Waals surface area contributed by atoms with E-state index in [2.05, 4.69) is 34.2 Å². The maximum absolute atomic E-state index is 7.60. The van der Waals surface area contributed by atoms with E-state index in [4.69, 9.17) is 17.0 Å². The molecule has 0 atom stereocenters. The van der Waals surface area contributed by atoms with E-state index >= 15 is 0 Å². The molecule has 7 heteroatoms. The lowest BCUT2D eigenvalue weighted by molar-refractivity contribution is 0.816. The second-order valence-electron chi connectivity index (χ2n) is 6.18. The van der Waals surface area contributed by atoms with Crippen LogP contribution in [0, 0.1) is 5.41 Å². The second-order valence-corrected chi connectivity index (χ2v) is 6.59. The number of benzene rings is 1. The van der Waals surface area contributed by atoms with Crippen LogP contribution in [0.4, 0.5) is 0 Å². The average molecular weight is 369 g/mol. The first-order chi connectivity index (χ1) is 12.5. The van der Waals surface area contributed by atoms with Gasteiger partial charge < -0.3 is 10.3 Å².